The highest BCUT2D eigenvalue weighted by atomic mass is 16.5. The maximum atomic E-state index is 5.69. The molecular formula is C17H22N2O. The molecule has 1 aromatic heterocycles. The van der Waals surface area contributed by atoms with E-state index in [1.165, 1.54) is 19.3 Å². The molecule has 0 aliphatic carbocycles. The van der Waals surface area contributed by atoms with Crippen LogP contribution in [0.4, 0.5) is 0 Å². The summed E-state index contributed by atoms with van der Waals surface area (Å²) in [6.07, 6.45) is 7.37. The Morgan fingerprint density at radius 1 is 1.40 bits per heavy atom. The minimum absolute atomic E-state index is 0.508. The van der Waals surface area contributed by atoms with Gasteiger partial charge >= 0.3 is 0 Å². The zero-order chi connectivity index (χ0) is 13.9. The molecule has 0 radical (unpaired) electrons. The van der Waals surface area contributed by atoms with Gasteiger partial charge in [0.15, 0.2) is 0 Å². The van der Waals surface area contributed by atoms with E-state index in [4.69, 9.17) is 4.74 Å². The van der Waals surface area contributed by atoms with Crippen molar-refractivity contribution in [1.29, 1.82) is 0 Å². The second-order valence-electron chi connectivity index (χ2n) is 6.27. The number of hydrogen-bond donors (Lipinski definition) is 1. The normalized spacial score (nSPS) is 27.4. The third kappa shape index (κ3) is 3.13. The van der Waals surface area contributed by atoms with Gasteiger partial charge in [-0.15, -0.1) is 0 Å². The molecule has 20 heavy (non-hydrogen) atoms. The van der Waals surface area contributed by atoms with Crippen LogP contribution in [0.2, 0.25) is 0 Å². The van der Waals surface area contributed by atoms with Gasteiger partial charge in [0.05, 0.1) is 12.8 Å². The highest BCUT2D eigenvalue weighted by Gasteiger charge is 2.37. The van der Waals surface area contributed by atoms with Gasteiger partial charge < -0.3 is 10.1 Å². The van der Waals surface area contributed by atoms with Gasteiger partial charge in [0.25, 0.3) is 0 Å². The fraction of sp³-hybridized carbons (Fsp3) is 0.588. The minimum atomic E-state index is 0.508. The van der Waals surface area contributed by atoms with E-state index in [2.05, 4.69) is 36.0 Å². The lowest BCUT2D eigenvalue weighted by Crippen LogP contribution is -2.21. The Kier molecular flexibility index (Phi) is 3.93. The van der Waals surface area contributed by atoms with Crippen molar-refractivity contribution in [2.75, 3.05) is 6.61 Å². The average Bonchev–Trinajstić information content (AvgIpc) is 3.06. The Bertz CT molecular complexity index is 529. The van der Waals surface area contributed by atoms with Crippen molar-refractivity contribution in [1.82, 2.24) is 10.3 Å². The predicted molar refractivity (Wildman–Crippen MR) is 79.5 cm³/mol. The van der Waals surface area contributed by atoms with E-state index >= 15 is 0 Å². The predicted octanol–water partition coefficient (Wildman–Crippen LogP) is 2.61. The first-order valence-electron chi connectivity index (χ1n) is 7.56. The lowest BCUT2D eigenvalue weighted by molar-refractivity contribution is 0.270. The van der Waals surface area contributed by atoms with Crippen LogP contribution in [0.25, 0.3) is 0 Å². The zero-order valence-electron chi connectivity index (χ0n) is 12.2. The van der Waals surface area contributed by atoms with Crippen LogP contribution in [0.1, 0.15) is 38.7 Å². The van der Waals surface area contributed by atoms with Crippen LogP contribution >= 0.6 is 0 Å². The molecule has 0 aromatic carbocycles. The van der Waals surface area contributed by atoms with E-state index in [0.29, 0.717) is 23.9 Å². The summed E-state index contributed by atoms with van der Waals surface area (Å²) in [5.74, 6) is 8.52. The first-order chi connectivity index (χ1) is 9.70. The lowest BCUT2D eigenvalue weighted by atomic mass is 9.89. The van der Waals surface area contributed by atoms with Gasteiger partial charge in [0, 0.05) is 29.8 Å². The molecule has 2 aliphatic rings. The Morgan fingerprint density at radius 3 is 3.00 bits per heavy atom. The molecule has 3 rings (SSSR count). The van der Waals surface area contributed by atoms with E-state index in [-0.39, 0.29) is 0 Å². The zero-order valence-corrected chi connectivity index (χ0v) is 12.2. The van der Waals surface area contributed by atoms with Crippen LogP contribution in [0.5, 0.6) is 5.75 Å². The van der Waals surface area contributed by atoms with Crippen molar-refractivity contribution in [3.05, 3.63) is 24.0 Å². The largest absolute Gasteiger partial charge is 0.492 e. The van der Waals surface area contributed by atoms with Crippen molar-refractivity contribution < 1.29 is 4.74 Å². The molecule has 1 aromatic rings. The van der Waals surface area contributed by atoms with Crippen molar-refractivity contribution in [3.63, 3.8) is 0 Å². The Balaban J connectivity index is 1.64. The second kappa shape index (κ2) is 5.85. The summed E-state index contributed by atoms with van der Waals surface area (Å²) >= 11 is 0. The van der Waals surface area contributed by atoms with Crippen molar-refractivity contribution in [2.24, 2.45) is 11.8 Å². The van der Waals surface area contributed by atoms with Gasteiger partial charge in [-0.3, -0.25) is 4.98 Å². The number of nitrogens with one attached hydrogen (secondary N) is 1. The maximum Gasteiger partial charge on any atom is 0.138 e. The monoisotopic (exact) mass is 270 g/mol. The number of fused-ring (bicyclic) bond motifs is 2. The number of ether oxygens (including phenoxy) is 1. The molecular weight excluding hydrogens is 248 g/mol. The number of rotatable bonds is 3. The molecule has 0 saturated carbocycles. The minimum Gasteiger partial charge on any atom is -0.492 e. The van der Waals surface area contributed by atoms with E-state index in [0.717, 1.165) is 17.9 Å². The number of pyridine rings is 1. The van der Waals surface area contributed by atoms with E-state index < -0.39 is 0 Å². The summed E-state index contributed by atoms with van der Waals surface area (Å²) < 4.78 is 5.69. The molecule has 2 bridgehead atoms. The third-order valence-electron chi connectivity index (χ3n) is 4.00. The first kappa shape index (κ1) is 13.5. The van der Waals surface area contributed by atoms with E-state index in [9.17, 15) is 0 Å². The summed E-state index contributed by atoms with van der Waals surface area (Å²) in [6, 6.07) is 3.31. The summed E-state index contributed by atoms with van der Waals surface area (Å²) in [6.45, 7) is 4.99. The van der Waals surface area contributed by atoms with Gasteiger partial charge in [0.1, 0.15) is 5.75 Å². The van der Waals surface area contributed by atoms with E-state index in [1.54, 1.807) is 6.20 Å². The third-order valence-corrected chi connectivity index (χ3v) is 4.00. The molecule has 106 valence electrons. The van der Waals surface area contributed by atoms with Crippen molar-refractivity contribution in [2.45, 2.75) is 45.2 Å². The average molecular weight is 270 g/mol. The lowest BCUT2D eigenvalue weighted by Gasteiger charge is -2.13. The highest BCUT2D eigenvalue weighted by Crippen LogP contribution is 2.32. The quantitative estimate of drug-likeness (QED) is 0.857. The van der Waals surface area contributed by atoms with Crippen LogP contribution in [0.3, 0.4) is 0 Å². The molecule has 1 N–H and O–H groups in total. The molecule has 3 unspecified atom stereocenters. The molecule has 3 atom stereocenters. The summed E-state index contributed by atoms with van der Waals surface area (Å²) in [4.78, 5) is 4.21. The van der Waals surface area contributed by atoms with Crippen LogP contribution in [-0.2, 0) is 0 Å². The number of hydrogen-bond acceptors (Lipinski definition) is 3. The fourth-order valence-electron chi connectivity index (χ4n) is 2.99. The van der Waals surface area contributed by atoms with Crippen LogP contribution < -0.4 is 10.1 Å². The summed E-state index contributed by atoms with van der Waals surface area (Å²) in [7, 11) is 0. The van der Waals surface area contributed by atoms with Crippen LogP contribution in [-0.4, -0.2) is 23.7 Å². The topological polar surface area (TPSA) is 34.1 Å². The molecule has 3 nitrogen and oxygen atoms in total. The SMILES string of the molecule is CC(C)COc1cncc(C#CC2CC3CCC2N3)c1. The van der Waals surface area contributed by atoms with Gasteiger partial charge in [-0.1, -0.05) is 25.7 Å². The van der Waals surface area contributed by atoms with Gasteiger partial charge in [-0.2, -0.15) is 0 Å². The van der Waals surface area contributed by atoms with Crippen LogP contribution in [0, 0.1) is 23.7 Å². The molecule has 2 aliphatic heterocycles. The molecule has 0 amide bonds. The highest BCUT2D eigenvalue weighted by molar-refractivity contribution is 5.37. The Labute approximate surface area is 121 Å². The summed E-state index contributed by atoms with van der Waals surface area (Å²) in [5, 5.41) is 3.62. The van der Waals surface area contributed by atoms with E-state index in [1.807, 2.05) is 12.3 Å². The van der Waals surface area contributed by atoms with Crippen LogP contribution in [0.15, 0.2) is 18.5 Å². The first-order valence-corrected chi connectivity index (χ1v) is 7.56. The van der Waals surface area contributed by atoms with Gasteiger partial charge in [0.2, 0.25) is 0 Å². The van der Waals surface area contributed by atoms with Crippen molar-refractivity contribution >= 4 is 0 Å². The van der Waals surface area contributed by atoms with Crippen molar-refractivity contribution in [3.8, 4) is 17.6 Å². The number of aromatic nitrogens is 1. The van der Waals surface area contributed by atoms with Gasteiger partial charge in [-0.25, -0.2) is 0 Å². The Hall–Kier alpha value is -1.53. The Morgan fingerprint density at radius 2 is 2.30 bits per heavy atom. The molecule has 3 heterocycles. The van der Waals surface area contributed by atoms with Gasteiger partial charge in [-0.05, 0) is 31.2 Å². The molecule has 2 fully saturated rings. The maximum absolute atomic E-state index is 5.69. The fourth-order valence-corrected chi connectivity index (χ4v) is 2.99. The molecule has 3 heteroatoms. The second-order valence-corrected chi connectivity index (χ2v) is 6.27. The standard InChI is InChI=1S/C17H22N2O/c1-12(2)11-20-16-7-13(9-18-10-16)3-4-14-8-15-5-6-17(14)19-15/h7,9-10,12,14-15,17,19H,5-6,8,11H2,1-2H3. The summed E-state index contributed by atoms with van der Waals surface area (Å²) in [5.41, 5.74) is 0.953. The molecule has 2 saturated heterocycles. The number of nitrogens with zero attached hydrogens (tertiary/aromatic N) is 1. The smallest absolute Gasteiger partial charge is 0.138 e. The molecule has 0 spiro atoms.